The van der Waals surface area contributed by atoms with Crippen LogP contribution in [-0.2, 0) is 11.4 Å². The molecule has 3 aromatic rings. The van der Waals surface area contributed by atoms with Gasteiger partial charge in [0.25, 0.3) is 0 Å². The largest absolute Gasteiger partial charge is 0.487 e. The molecule has 0 fully saturated rings. The molecule has 0 aliphatic carbocycles. The predicted octanol–water partition coefficient (Wildman–Crippen LogP) is 4.77. The van der Waals surface area contributed by atoms with Gasteiger partial charge in [-0.25, -0.2) is 0 Å². The van der Waals surface area contributed by atoms with Gasteiger partial charge in [0.15, 0.2) is 0 Å². The lowest BCUT2D eigenvalue weighted by Gasteiger charge is -2.12. The number of para-hydroxylation sites is 2. The van der Waals surface area contributed by atoms with Crippen LogP contribution in [0, 0.1) is 0 Å². The van der Waals surface area contributed by atoms with E-state index in [9.17, 15) is 4.79 Å². The predicted molar refractivity (Wildman–Crippen MR) is 93.6 cm³/mol. The Labute approximate surface area is 135 Å². The Hall–Kier alpha value is -2.81. The lowest BCUT2D eigenvalue weighted by molar-refractivity contribution is -0.115. The fraction of sp³-hybridized carbons (Fsp3) is 0.150. The minimum atomic E-state index is -0.0215. The topological polar surface area (TPSA) is 38.3 Å². The van der Waals surface area contributed by atoms with Gasteiger partial charge in [0.1, 0.15) is 12.4 Å². The maximum Gasteiger partial charge on any atom is 0.224 e. The summed E-state index contributed by atoms with van der Waals surface area (Å²) >= 11 is 0. The molecule has 0 spiro atoms. The number of hydrogen-bond donors (Lipinski definition) is 1. The molecule has 0 radical (unpaired) electrons. The number of nitrogens with one attached hydrogen (secondary N) is 1. The summed E-state index contributed by atoms with van der Waals surface area (Å²) in [5, 5.41) is 5.27. The third-order valence-electron chi connectivity index (χ3n) is 3.69. The summed E-state index contributed by atoms with van der Waals surface area (Å²) in [5.41, 5.74) is 1.81. The summed E-state index contributed by atoms with van der Waals surface area (Å²) in [7, 11) is 0. The van der Waals surface area contributed by atoms with Crippen LogP contribution in [0.5, 0.6) is 5.75 Å². The van der Waals surface area contributed by atoms with Crippen molar-refractivity contribution in [1.29, 1.82) is 0 Å². The van der Waals surface area contributed by atoms with E-state index in [0.717, 1.165) is 5.56 Å². The van der Waals surface area contributed by atoms with E-state index in [-0.39, 0.29) is 5.91 Å². The molecule has 0 aliphatic heterocycles. The third kappa shape index (κ3) is 3.69. The maximum absolute atomic E-state index is 11.6. The van der Waals surface area contributed by atoms with Gasteiger partial charge in [-0.15, -0.1) is 0 Å². The first-order valence-electron chi connectivity index (χ1n) is 7.75. The number of carbonyl (C=O) groups is 1. The van der Waals surface area contributed by atoms with Crippen LogP contribution >= 0.6 is 0 Å². The van der Waals surface area contributed by atoms with Crippen molar-refractivity contribution >= 4 is 22.4 Å². The summed E-state index contributed by atoms with van der Waals surface area (Å²) in [5.74, 6) is 0.661. The van der Waals surface area contributed by atoms with E-state index in [4.69, 9.17) is 4.74 Å². The lowest BCUT2D eigenvalue weighted by atomic mass is 10.1. The number of ether oxygens (including phenoxy) is 1. The summed E-state index contributed by atoms with van der Waals surface area (Å²) in [6, 6.07) is 22.0. The highest BCUT2D eigenvalue weighted by Gasteiger charge is 2.06. The van der Waals surface area contributed by atoms with Crippen molar-refractivity contribution in [3.05, 3.63) is 72.3 Å². The monoisotopic (exact) mass is 305 g/mol. The van der Waals surface area contributed by atoms with Gasteiger partial charge in [-0.3, -0.25) is 4.79 Å². The van der Waals surface area contributed by atoms with E-state index in [1.54, 1.807) is 0 Å². The van der Waals surface area contributed by atoms with Crippen LogP contribution in [0.1, 0.15) is 18.9 Å². The second kappa shape index (κ2) is 6.97. The first kappa shape index (κ1) is 15.1. The fourth-order valence-electron chi connectivity index (χ4n) is 2.42. The second-order valence-electron chi connectivity index (χ2n) is 5.37. The Balaban J connectivity index is 1.75. The molecule has 23 heavy (non-hydrogen) atoms. The highest BCUT2D eigenvalue weighted by atomic mass is 16.5. The zero-order valence-electron chi connectivity index (χ0n) is 13.1. The normalized spacial score (nSPS) is 10.5. The highest BCUT2D eigenvalue weighted by molar-refractivity contribution is 5.92. The number of fused-ring (bicyclic) bond motifs is 1. The quantitative estimate of drug-likeness (QED) is 0.737. The number of rotatable bonds is 5. The third-order valence-corrected chi connectivity index (χ3v) is 3.69. The molecule has 0 heterocycles. The zero-order chi connectivity index (χ0) is 16.1. The number of amides is 1. The van der Waals surface area contributed by atoms with Crippen LogP contribution in [0.25, 0.3) is 10.8 Å². The molecule has 3 nitrogen and oxygen atoms in total. The first-order chi connectivity index (χ1) is 11.3. The summed E-state index contributed by atoms with van der Waals surface area (Å²) in [6.07, 6.45) is 0.443. The molecular weight excluding hydrogens is 286 g/mol. The first-order valence-corrected chi connectivity index (χ1v) is 7.75. The average molecular weight is 305 g/mol. The van der Waals surface area contributed by atoms with Crippen LogP contribution in [0.15, 0.2) is 66.7 Å². The van der Waals surface area contributed by atoms with E-state index in [2.05, 4.69) is 35.6 Å². The van der Waals surface area contributed by atoms with Crippen LogP contribution in [-0.4, -0.2) is 5.91 Å². The van der Waals surface area contributed by atoms with Crippen LogP contribution in [0.4, 0.5) is 5.69 Å². The van der Waals surface area contributed by atoms with Gasteiger partial charge < -0.3 is 10.1 Å². The summed E-state index contributed by atoms with van der Waals surface area (Å²) in [4.78, 5) is 11.6. The minimum absolute atomic E-state index is 0.0215. The van der Waals surface area contributed by atoms with Crippen LogP contribution in [0.2, 0.25) is 0 Å². The second-order valence-corrected chi connectivity index (χ2v) is 5.37. The Morgan fingerprint density at radius 3 is 2.52 bits per heavy atom. The Kier molecular flexibility index (Phi) is 4.57. The van der Waals surface area contributed by atoms with E-state index < -0.39 is 0 Å². The van der Waals surface area contributed by atoms with Gasteiger partial charge in [0, 0.05) is 6.42 Å². The van der Waals surface area contributed by atoms with Gasteiger partial charge in [-0.05, 0) is 34.5 Å². The molecule has 0 atom stereocenters. The van der Waals surface area contributed by atoms with E-state index >= 15 is 0 Å². The molecule has 116 valence electrons. The van der Waals surface area contributed by atoms with Gasteiger partial charge in [0.05, 0.1) is 5.69 Å². The van der Waals surface area contributed by atoms with E-state index in [1.165, 1.54) is 10.8 Å². The van der Waals surface area contributed by atoms with Gasteiger partial charge in [-0.1, -0.05) is 55.5 Å². The van der Waals surface area contributed by atoms with Crippen molar-refractivity contribution in [2.45, 2.75) is 20.0 Å². The molecule has 0 unspecified atom stereocenters. The van der Waals surface area contributed by atoms with Crippen LogP contribution in [0.3, 0.4) is 0 Å². The molecule has 1 N–H and O–H groups in total. The average Bonchev–Trinajstić information content (AvgIpc) is 2.60. The Morgan fingerprint density at radius 2 is 1.70 bits per heavy atom. The molecule has 0 aliphatic rings. The molecule has 0 aromatic heterocycles. The molecular formula is C20H19NO2. The number of benzene rings is 3. The van der Waals surface area contributed by atoms with E-state index in [0.29, 0.717) is 24.5 Å². The number of anilines is 1. The van der Waals surface area contributed by atoms with E-state index in [1.807, 2.05) is 43.3 Å². The number of hydrogen-bond acceptors (Lipinski definition) is 2. The zero-order valence-corrected chi connectivity index (χ0v) is 13.1. The number of carbonyl (C=O) groups excluding carboxylic acids is 1. The standard InChI is InChI=1S/C20H19NO2/c1-2-20(22)21-18-9-5-6-10-19(18)23-14-15-11-12-16-7-3-4-8-17(16)13-15/h3-13H,2,14H2,1H3,(H,21,22). The molecule has 3 rings (SSSR count). The van der Waals surface area contributed by atoms with Gasteiger partial charge in [0.2, 0.25) is 5.91 Å². The SMILES string of the molecule is CCC(=O)Nc1ccccc1OCc1ccc2ccccc2c1. The Morgan fingerprint density at radius 1 is 0.957 bits per heavy atom. The summed E-state index contributed by atoms with van der Waals surface area (Å²) < 4.78 is 5.90. The van der Waals surface area contributed by atoms with Gasteiger partial charge >= 0.3 is 0 Å². The molecule has 0 saturated heterocycles. The summed E-state index contributed by atoms with van der Waals surface area (Å²) in [6.45, 7) is 2.29. The van der Waals surface area contributed by atoms with Crippen molar-refractivity contribution in [3.8, 4) is 5.75 Å². The smallest absolute Gasteiger partial charge is 0.224 e. The maximum atomic E-state index is 11.6. The molecule has 3 aromatic carbocycles. The minimum Gasteiger partial charge on any atom is -0.487 e. The van der Waals surface area contributed by atoms with Crippen molar-refractivity contribution in [1.82, 2.24) is 0 Å². The molecule has 1 amide bonds. The van der Waals surface area contributed by atoms with Crippen molar-refractivity contribution < 1.29 is 9.53 Å². The molecule has 3 heteroatoms. The van der Waals surface area contributed by atoms with Crippen LogP contribution < -0.4 is 10.1 Å². The molecule has 0 saturated carbocycles. The van der Waals surface area contributed by atoms with Crippen molar-refractivity contribution in [2.75, 3.05) is 5.32 Å². The van der Waals surface area contributed by atoms with Gasteiger partial charge in [-0.2, -0.15) is 0 Å². The highest BCUT2D eigenvalue weighted by Crippen LogP contribution is 2.25. The Bertz CT molecular complexity index is 826. The van der Waals surface area contributed by atoms with Crippen molar-refractivity contribution in [3.63, 3.8) is 0 Å². The molecule has 0 bridgehead atoms. The fourth-order valence-corrected chi connectivity index (χ4v) is 2.42. The van der Waals surface area contributed by atoms with Crippen molar-refractivity contribution in [2.24, 2.45) is 0 Å². The lowest BCUT2D eigenvalue weighted by Crippen LogP contribution is -2.10.